The quantitative estimate of drug-likeness (QED) is 0.365. The number of rotatable bonds is 8. The molecular formula is C31H43N5O5S2. The molecule has 1 aromatic heterocycles. The van der Waals surface area contributed by atoms with E-state index in [4.69, 9.17) is 5.73 Å². The number of hydrogen-bond acceptors (Lipinski definition) is 7. The molecule has 4 N–H and O–H groups in total. The number of carbonyl (C=O) groups is 3. The topological polar surface area (TPSA) is 142 Å². The molecule has 2 fully saturated rings. The summed E-state index contributed by atoms with van der Waals surface area (Å²) in [4.78, 5) is 41.3. The average Bonchev–Trinajstić information content (AvgIpc) is 3.35. The maximum absolute atomic E-state index is 14.0. The summed E-state index contributed by atoms with van der Waals surface area (Å²) in [5, 5.41) is 5.34. The van der Waals surface area contributed by atoms with Gasteiger partial charge in [0.2, 0.25) is 10.0 Å². The maximum Gasteiger partial charge on any atom is 0.319 e. The highest BCUT2D eigenvalue weighted by atomic mass is 32.2. The van der Waals surface area contributed by atoms with Crippen LogP contribution in [0.15, 0.2) is 29.2 Å². The van der Waals surface area contributed by atoms with Gasteiger partial charge in [0.15, 0.2) is 0 Å². The molecule has 0 radical (unpaired) electrons. The number of imide groups is 1. The standard InChI is InChI=1S/C31H43N5O5S2/c1-20(2)35-18-17-25-26(19-35)42-30(27(25)29(38)34-31(32)39)33-28(37)21-13-15-24(16-14-21)43(40,41)36(22-9-5-3-6-10-22)23-11-7-4-8-12-23/h13-16,20,22-23H,3-12,17-19H2,1-2H3,(H,33,37)(H3,32,34,38,39). The van der Waals surface area contributed by atoms with Gasteiger partial charge in [-0.1, -0.05) is 38.5 Å². The van der Waals surface area contributed by atoms with E-state index in [2.05, 4.69) is 29.4 Å². The number of nitrogens with zero attached hydrogens (tertiary/aromatic N) is 2. The Bertz CT molecular complexity index is 1420. The fourth-order valence-electron chi connectivity index (χ4n) is 6.80. The van der Waals surface area contributed by atoms with Crippen molar-refractivity contribution < 1.29 is 22.8 Å². The van der Waals surface area contributed by atoms with Gasteiger partial charge in [-0.2, -0.15) is 4.31 Å². The minimum absolute atomic E-state index is 0.0197. The number of benzene rings is 1. The van der Waals surface area contributed by atoms with Crippen molar-refractivity contribution >= 4 is 44.2 Å². The number of carbonyl (C=O) groups excluding carboxylic acids is 3. The lowest BCUT2D eigenvalue weighted by atomic mass is 9.91. The van der Waals surface area contributed by atoms with Gasteiger partial charge in [0.25, 0.3) is 11.8 Å². The molecule has 0 saturated heterocycles. The van der Waals surface area contributed by atoms with E-state index in [0.29, 0.717) is 24.0 Å². The number of fused-ring (bicyclic) bond motifs is 1. The Morgan fingerprint density at radius 1 is 0.930 bits per heavy atom. The fraction of sp³-hybridized carbons (Fsp3) is 0.581. The van der Waals surface area contributed by atoms with Gasteiger partial charge in [-0.25, -0.2) is 13.2 Å². The molecule has 1 aromatic carbocycles. The van der Waals surface area contributed by atoms with Crippen molar-refractivity contribution in [2.45, 2.75) is 114 Å². The Morgan fingerprint density at radius 2 is 1.51 bits per heavy atom. The van der Waals surface area contributed by atoms with Crippen LogP contribution in [-0.2, 0) is 23.0 Å². The van der Waals surface area contributed by atoms with Crippen molar-refractivity contribution in [3.05, 3.63) is 45.8 Å². The largest absolute Gasteiger partial charge is 0.351 e. The van der Waals surface area contributed by atoms with Gasteiger partial charge in [0.05, 0.1) is 10.5 Å². The second-order valence-corrected chi connectivity index (χ2v) is 15.2. The zero-order chi connectivity index (χ0) is 30.7. The Morgan fingerprint density at radius 3 is 2.05 bits per heavy atom. The van der Waals surface area contributed by atoms with Gasteiger partial charge in [-0.15, -0.1) is 11.3 Å². The van der Waals surface area contributed by atoms with Gasteiger partial charge in [0.1, 0.15) is 5.00 Å². The monoisotopic (exact) mass is 629 g/mol. The highest BCUT2D eigenvalue weighted by Crippen LogP contribution is 2.38. The molecule has 234 valence electrons. The number of nitrogens with two attached hydrogens (primary N) is 1. The van der Waals surface area contributed by atoms with Crippen LogP contribution in [0.3, 0.4) is 0 Å². The van der Waals surface area contributed by atoms with E-state index < -0.39 is 27.9 Å². The Hall–Kier alpha value is -2.80. The third kappa shape index (κ3) is 6.97. The number of sulfonamides is 1. The molecule has 0 unspecified atom stereocenters. The van der Waals surface area contributed by atoms with Crippen LogP contribution in [0.25, 0.3) is 0 Å². The van der Waals surface area contributed by atoms with Crippen LogP contribution in [0, 0.1) is 0 Å². The van der Waals surface area contributed by atoms with E-state index in [1.165, 1.54) is 35.6 Å². The van der Waals surface area contributed by atoms with Crippen LogP contribution in [0.4, 0.5) is 9.80 Å². The molecule has 2 heterocycles. The number of primary amides is 1. The number of amides is 4. The first kappa shape index (κ1) is 31.6. The molecule has 3 aliphatic rings. The van der Waals surface area contributed by atoms with Crippen molar-refractivity contribution in [3.63, 3.8) is 0 Å². The summed E-state index contributed by atoms with van der Waals surface area (Å²) in [6.45, 7) is 5.60. The summed E-state index contributed by atoms with van der Waals surface area (Å²) in [5.41, 5.74) is 6.57. The minimum atomic E-state index is -3.74. The SMILES string of the molecule is CC(C)N1CCc2c(sc(NC(=O)c3ccc(S(=O)(=O)N(C4CCCCC4)C4CCCCC4)cc3)c2C(=O)NC(N)=O)C1. The number of thiophene rings is 1. The predicted molar refractivity (Wildman–Crippen MR) is 168 cm³/mol. The van der Waals surface area contributed by atoms with Crippen molar-refractivity contribution in [2.24, 2.45) is 5.73 Å². The van der Waals surface area contributed by atoms with E-state index in [-0.39, 0.29) is 28.1 Å². The third-order valence-electron chi connectivity index (χ3n) is 9.07. The molecule has 2 aliphatic carbocycles. The van der Waals surface area contributed by atoms with E-state index in [1.807, 2.05) is 0 Å². The number of nitrogens with one attached hydrogen (secondary N) is 2. The number of hydrogen-bond donors (Lipinski definition) is 3. The first-order chi connectivity index (χ1) is 20.6. The zero-order valence-electron chi connectivity index (χ0n) is 25.1. The first-order valence-corrected chi connectivity index (χ1v) is 17.8. The van der Waals surface area contributed by atoms with Crippen molar-refractivity contribution in [2.75, 3.05) is 11.9 Å². The summed E-state index contributed by atoms with van der Waals surface area (Å²) in [6.07, 6.45) is 10.6. The summed E-state index contributed by atoms with van der Waals surface area (Å²) in [7, 11) is -3.74. The van der Waals surface area contributed by atoms with Crippen LogP contribution < -0.4 is 16.4 Å². The molecule has 0 spiro atoms. The molecular weight excluding hydrogens is 587 g/mol. The van der Waals surface area contributed by atoms with Crippen LogP contribution in [0.1, 0.15) is 109 Å². The maximum atomic E-state index is 14.0. The molecule has 4 amide bonds. The zero-order valence-corrected chi connectivity index (χ0v) is 26.7. The molecule has 0 bridgehead atoms. The average molecular weight is 630 g/mol. The lowest BCUT2D eigenvalue weighted by Gasteiger charge is -2.40. The van der Waals surface area contributed by atoms with Gasteiger partial charge in [-0.05, 0) is 75.8 Å². The van der Waals surface area contributed by atoms with Crippen LogP contribution in [0.2, 0.25) is 0 Å². The predicted octanol–water partition coefficient (Wildman–Crippen LogP) is 5.23. The summed E-state index contributed by atoms with van der Waals surface area (Å²) in [5.74, 6) is -1.11. The second-order valence-electron chi connectivity index (χ2n) is 12.2. The number of anilines is 1. The van der Waals surface area contributed by atoms with E-state index in [0.717, 1.165) is 81.2 Å². The Labute approximate surface area is 258 Å². The van der Waals surface area contributed by atoms with E-state index in [1.54, 1.807) is 4.31 Å². The molecule has 2 aromatic rings. The molecule has 5 rings (SSSR count). The van der Waals surface area contributed by atoms with Gasteiger partial charge in [-0.3, -0.25) is 19.8 Å². The Balaban J connectivity index is 1.38. The second kappa shape index (κ2) is 13.5. The first-order valence-electron chi connectivity index (χ1n) is 15.5. The van der Waals surface area contributed by atoms with Gasteiger partial charge >= 0.3 is 6.03 Å². The van der Waals surface area contributed by atoms with Gasteiger partial charge < -0.3 is 11.1 Å². The summed E-state index contributed by atoms with van der Waals surface area (Å²) in [6, 6.07) is 5.48. The van der Waals surface area contributed by atoms with E-state index in [9.17, 15) is 22.8 Å². The smallest absolute Gasteiger partial charge is 0.319 e. The third-order valence-corrected chi connectivity index (χ3v) is 12.2. The lowest BCUT2D eigenvalue weighted by Crippen LogP contribution is -2.48. The van der Waals surface area contributed by atoms with Crippen LogP contribution in [-0.4, -0.2) is 60.1 Å². The molecule has 12 heteroatoms. The number of urea groups is 1. The minimum Gasteiger partial charge on any atom is -0.351 e. The van der Waals surface area contributed by atoms with Crippen LogP contribution >= 0.6 is 11.3 Å². The molecule has 0 atom stereocenters. The summed E-state index contributed by atoms with van der Waals surface area (Å²) >= 11 is 1.32. The molecule has 2 saturated carbocycles. The lowest BCUT2D eigenvalue weighted by molar-refractivity contribution is 0.0965. The van der Waals surface area contributed by atoms with Crippen molar-refractivity contribution in [1.82, 2.24) is 14.5 Å². The Kier molecular flexibility index (Phi) is 9.89. The van der Waals surface area contributed by atoms with Gasteiger partial charge in [0, 0.05) is 41.7 Å². The normalized spacial score (nSPS) is 18.9. The van der Waals surface area contributed by atoms with Crippen LogP contribution in [0.5, 0.6) is 0 Å². The highest BCUT2D eigenvalue weighted by molar-refractivity contribution is 7.89. The molecule has 1 aliphatic heterocycles. The fourth-order valence-corrected chi connectivity index (χ4v) is 10.00. The summed E-state index contributed by atoms with van der Waals surface area (Å²) < 4.78 is 29.9. The van der Waals surface area contributed by atoms with Crippen molar-refractivity contribution in [1.29, 1.82) is 0 Å². The van der Waals surface area contributed by atoms with Crippen molar-refractivity contribution in [3.8, 4) is 0 Å². The highest BCUT2D eigenvalue weighted by Gasteiger charge is 2.38. The molecule has 10 nitrogen and oxygen atoms in total. The molecule has 43 heavy (non-hydrogen) atoms. The van der Waals surface area contributed by atoms with E-state index >= 15 is 0 Å².